The zero-order valence-electron chi connectivity index (χ0n) is 11.9. The molecule has 0 spiro atoms. The van der Waals surface area contributed by atoms with Gasteiger partial charge in [0.1, 0.15) is 11.5 Å². The molecule has 1 aromatic heterocycles. The maximum atomic E-state index is 11.7. The van der Waals surface area contributed by atoms with Crippen LogP contribution in [0.2, 0.25) is 0 Å². The molecule has 0 atom stereocenters. The third kappa shape index (κ3) is 2.94. The second kappa shape index (κ2) is 6.15. The van der Waals surface area contributed by atoms with Gasteiger partial charge in [0.15, 0.2) is 5.78 Å². The first-order valence-electron chi connectivity index (χ1n) is 6.48. The number of carbonyl (C=O) groups is 1. The fourth-order valence-corrected chi connectivity index (χ4v) is 1.97. The number of pyridine rings is 1. The molecule has 0 amide bonds. The Hall–Kier alpha value is -2.42. The predicted octanol–water partition coefficient (Wildman–Crippen LogP) is 4.03. The molecule has 1 heterocycles. The van der Waals surface area contributed by atoms with E-state index in [4.69, 9.17) is 4.74 Å². The Morgan fingerprint density at radius 2 is 2.05 bits per heavy atom. The van der Waals surface area contributed by atoms with E-state index in [9.17, 15) is 4.79 Å². The molecule has 2 aromatic rings. The van der Waals surface area contributed by atoms with E-state index in [-0.39, 0.29) is 5.78 Å². The second-order valence-electron chi connectivity index (χ2n) is 4.50. The SMILES string of the molecule is CC=C(Oc1c(C)cccc1C(C)=O)c1cccnc1. The van der Waals surface area contributed by atoms with E-state index in [1.54, 1.807) is 25.4 Å². The highest BCUT2D eigenvalue weighted by Gasteiger charge is 2.13. The zero-order chi connectivity index (χ0) is 14.5. The lowest BCUT2D eigenvalue weighted by Crippen LogP contribution is -2.03. The van der Waals surface area contributed by atoms with Crippen LogP contribution in [-0.2, 0) is 0 Å². The molecule has 1 aromatic carbocycles. The molecule has 0 aliphatic carbocycles. The van der Waals surface area contributed by atoms with Gasteiger partial charge in [-0.1, -0.05) is 12.1 Å². The molecule has 3 nitrogen and oxygen atoms in total. The van der Waals surface area contributed by atoms with Gasteiger partial charge in [-0.2, -0.15) is 0 Å². The van der Waals surface area contributed by atoms with Crippen LogP contribution in [0, 0.1) is 6.92 Å². The Balaban J connectivity index is 2.41. The predicted molar refractivity (Wildman–Crippen MR) is 79.7 cm³/mol. The van der Waals surface area contributed by atoms with E-state index < -0.39 is 0 Å². The molecule has 20 heavy (non-hydrogen) atoms. The lowest BCUT2D eigenvalue weighted by molar-refractivity contribution is 0.101. The van der Waals surface area contributed by atoms with E-state index >= 15 is 0 Å². The lowest BCUT2D eigenvalue weighted by atomic mass is 10.1. The molecule has 0 saturated carbocycles. The number of rotatable bonds is 4. The molecule has 102 valence electrons. The molecule has 0 bridgehead atoms. The van der Waals surface area contributed by atoms with Gasteiger partial charge >= 0.3 is 0 Å². The first-order chi connectivity index (χ1) is 9.63. The number of hydrogen-bond acceptors (Lipinski definition) is 3. The highest BCUT2D eigenvalue weighted by molar-refractivity contribution is 5.97. The molecule has 3 heteroatoms. The summed E-state index contributed by atoms with van der Waals surface area (Å²) in [5.41, 5.74) is 2.40. The van der Waals surface area contributed by atoms with Crippen LogP contribution in [0.1, 0.15) is 35.3 Å². The fraction of sp³-hybridized carbons (Fsp3) is 0.176. The molecule has 0 aliphatic heterocycles. The highest BCUT2D eigenvalue weighted by atomic mass is 16.5. The molecule has 0 saturated heterocycles. The minimum atomic E-state index is -0.00894. The Kier molecular flexibility index (Phi) is 4.31. The summed E-state index contributed by atoms with van der Waals surface area (Å²) in [6.45, 7) is 5.37. The highest BCUT2D eigenvalue weighted by Crippen LogP contribution is 2.28. The lowest BCUT2D eigenvalue weighted by Gasteiger charge is -2.14. The van der Waals surface area contributed by atoms with Crippen molar-refractivity contribution in [3.63, 3.8) is 0 Å². The van der Waals surface area contributed by atoms with E-state index in [1.165, 1.54) is 0 Å². The number of aryl methyl sites for hydroxylation is 1. The number of ether oxygens (including phenoxy) is 1. The van der Waals surface area contributed by atoms with E-state index in [0.717, 1.165) is 11.1 Å². The van der Waals surface area contributed by atoms with Gasteiger partial charge < -0.3 is 4.74 Å². The zero-order valence-corrected chi connectivity index (χ0v) is 11.9. The second-order valence-corrected chi connectivity index (χ2v) is 4.50. The summed E-state index contributed by atoms with van der Waals surface area (Å²) < 4.78 is 5.97. The molecular weight excluding hydrogens is 250 g/mol. The number of nitrogens with zero attached hydrogens (tertiary/aromatic N) is 1. The number of para-hydroxylation sites is 1. The smallest absolute Gasteiger partial charge is 0.163 e. The van der Waals surface area contributed by atoms with Crippen LogP contribution in [0.5, 0.6) is 5.75 Å². The van der Waals surface area contributed by atoms with Gasteiger partial charge in [-0.3, -0.25) is 9.78 Å². The largest absolute Gasteiger partial charge is 0.456 e. The Bertz CT molecular complexity index is 645. The first kappa shape index (κ1) is 14.0. The summed E-state index contributed by atoms with van der Waals surface area (Å²) in [5, 5.41) is 0. The number of carbonyl (C=O) groups excluding carboxylic acids is 1. The maximum Gasteiger partial charge on any atom is 0.163 e. The van der Waals surface area contributed by atoms with E-state index in [1.807, 2.05) is 44.2 Å². The number of benzene rings is 1. The minimum absolute atomic E-state index is 0.00894. The Labute approximate surface area is 118 Å². The standard InChI is InChI=1S/C17H17NO2/c1-4-16(14-8-6-10-18-11-14)20-17-12(2)7-5-9-15(17)13(3)19/h4-11H,1-3H3. The summed E-state index contributed by atoms with van der Waals surface area (Å²) in [6, 6.07) is 9.35. The van der Waals surface area contributed by atoms with Crippen molar-refractivity contribution in [1.29, 1.82) is 0 Å². The number of aromatic nitrogens is 1. The van der Waals surface area contributed by atoms with Gasteiger partial charge in [0.2, 0.25) is 0 Å². The minimum Gasteiger partial charge on any atom is -0.456 e. The molecule has 0 N–H and O–H groups in total. The molecule has 0 unspecified atom stereocenters. The van der Waals surface area contributed by atoms with Crippen LogP contribution >= 0.6 is 0 Å². The van der Waals surface area contributed by atoms with Crippen molar-refractivity contribution < 1.29 is 9.53 Å². The van der Waals surface area contributed by atoms with Crippen molar-refractivity contribution in [2.45, 2.75) is 20.8 Å². The summed E-state index contributed by atoms with van der Waals surface area (Å²) in [5.74, 6) is 1.29. The van der Waals surface area contributed by atoms with Crippen LogP contribution in [-0.4, -0.2) is 10.8 Å². The van der Waals surface area contributed by atoms with Gasteiger partial charge in [0, 0.05) is 18.0 Å². The van der Waals surface area contributed by atoms with Gasteiger partial charge in [-0.05, 0) is 50.6 Å². The third-order valence-corrected chi connectivity index (χ3v) is 3.01. The first-order valence-corrected chi connectivity index (χ1v) is 6.48. The van der Waals surface area contributed by atoms with Gasteiger partial charge in [-0.25, -0.2) is 0 Å². The van der Waals surface area contributed by atoms with Crippen molar-refractivity contribution in [1.82, 2.24) is 4.98 Å². The van der Waals surface area contributed by atoms with Gasteiger partial charge in [0.05, 0.1) is 5.56 Å². The number of Topliss-reactive ketones (excluding diaryl/α,β-unsaturated/α-hetero) is 1. The van der Waals surface area contributed by atoms with Crippen LogP contribution < -0.4 is 4.74 Å². The number of ketones is 1. The summed E-state index contributed by atoms with van der Waals surface area (Å²) in [6.07, 6.45) is 5.32. The normalized spacial score (nSPS) is 11.2. The van der Waals surface area contributed by atoms with Crippen molar-refractivity contribution in [3.8, 4) is 5.75 Å². The Morgan fingerprint density at radius 3 is 2.65 bits per heavy atom. The summed E-state index contributed by atoms with van der Waals surface area (Å²) in [7, 11) is 0. The van der Waals surface area contributed by atoms with Crippen molar-refractivity contribution in [3.05, 3.63) is 65.5 Å². The Morgan fingerprint density at radius 1 is 1.25 bits per heavy atom. The van der Waals surface area contributed by atoms with Crippen molar-refractivity contribution in [2.24, 2.45) is 0 Å². The molecule has 0 radical (unpaired) electrons. The van der Waals surface area contributed by atoms with Crippen LogP contribution in [0.15, 0.2) is 48.8 Å². The topological polar surface area (TPSA) is 39.2 Å². The maximum absolute atomic E-state index is 11.7. The van der Waals surface area contributed by atoms with Crippen LogP contribution in [0.4, 0.5) is 0 Å². The monoisotopic (exact) mass is 267 g/mol. The summed E-state index contributed by atoms with van der Waals surface area (Å²) >= 11 is 0. The average molecular weight is 267 g/mol. The van der Waals surface area contributed by atoms with E-state index in [2.05, 4.69) is 4.98 Å². The van der Waals surface area contributed by atoms with Crippen molar-refractivity contribution in [2.75, 3.05) is 0 Å². The van der Waals surface area contributed by atoms with Crippen LogP contribution in [0.3, 0.4) is 0 Å². The molecule has 2 rings (SSSR count). The quantitative estimate of drug-likeness (QED) is 0.620. The summed E-state index contributed by atoms with van der Waals surface area (Å²) in [4.78, 5) is 15.8. The number of allylic oxidation sites excluding steroid dienone is 1. The fourth-order valence-electron chi connectivity index (χ4n) is 1.97. The number of hydrogen-bond donors (Lipinski definition) is 0. The molecular formula is C17H17NO2. The van der Waals surface area contributed by atoms with Gasteiger partial charge in [-0.15, -0.1) is 0 Å². The third-order valence-electron chi connectivity index (χ3n) is 3.01. The van der Waals surface area contributed by atoms with Gasteiger partial charge in [0.25, 0.3) is 0 Å². The van der Waals surface area contributed by atoms with Crippen molar-refractivity contribution >= 4 is 11.5 Å². The average Bonchev–Trinajstić information content (AvgIpc) is 2.46. The van der Waals surface area contributed by atoms with E-state index in [0.29, 0.717) is 17.1 Å². The molecule has 0 aliphatic rings. The van der Waals surface area contributed by atoms with Crippen LogP contribution in [0.25, 0.3) is 5.76 Å². The molecule has 0 fully saturated rings.